The molecule has 1 aliphatic heterocycles. The van der Waals surface area contributed by atoms with Crippen LogP contribution in [0.25, 0.3) is 0 Å². The van der Waals surface area contributed by atoms with Gasteiger partial charge in [-0.05, 0) is 38.0 Å². The predicted molar refractivity (Wildman–Crippen MR) is 65.4 cm³/mol. The van der Waals surface area contributed by atoms with Crippen LogP contribution in [-0.2, 0) is 16.8 Å². The number of benzene rings is 1. The van der Waals surface area contributed by atoms with E-state index in [0.717, 1.165) is 23.4 Å². The molecular weight excluding hydrogens is 200 g/mol. The smallest absolute Gasteiger partial charge is 0.237 e. The summed E-state index contributed by atoms with van der Waals surface area (Å²) in [4.78, 5) is 14.1. The minimum absolute atomic E-state index is 0.180. The van der Waals surface area contributed by atoms with Gasteiger partial charge >= 0.3 is 0 Å². The van der Waals surface area contributed by atoms with Gasteiger partial charge in [0, 0.05) is 18.8 Å². The molecule has 2 N–H and O–H groups in total. The summed E-state index contributed by atoms with van der Waals surface area (Å²) in [7, 11) is 0. The van der Waals surface area contributed by atoms with Gasteiger partial charge in [0.15, 0.2) is 0 Å². The first-order chi connectivity index (χ1) is 7.52. The van der Waals surface area contributed by atoms with E-state index in [2.05, 4.69) is 6.07 Å². The Morgan fingerprint density at radius 1 is 1.38 bits per heavy atom. The standard InChI is InChI=1S/C13H18N2O/c1-4-15-11-6-5-9(8-14)7-10(11)13(2,3)12(15)16/h5-7H,4,8,14H2,1-3H3. The summed E-state index contributed by atoms with van der Waals surface area (Å²) in [5, 5.41) is 0. The monoisotopic (exact) mass is 218 g/mol. The molecule has 3 nitrogen and oxygen atoms in total. The average Bonchev–Trinajstić information content (AvgIpc) is 2.47. The molecule has 0 saturated carbocycles. The highest BCUT2D eigenvalue weighted by Gasteiger charge is 2.42. The van der Waals surface area contributed by atoms with E-state index < -0.39 is 5.41 Å². The molecule has 1 heterocycles. The molecule has 1 aromatic rings. The van der Waals surface area contributed by atoms with Crippen molar-refractivity contribution < 1.29 is 4.79 Å². The van der Waals surface area contributed by atoms with E-state index in [-0.39, 0.29) is 5.91 Å². The minimum Gasteiger partial charge on any atom is -0.326 e. The highest BCUT2D eigenvalue weighted by molar-refractivity contribution is 6.07. The molecule has 1 aromatic carbocycles. The lowest BCUT2D eigenvalue weighted by Gasteiger charge is -2.18. The summed E-state index contributed by atoms with van der Waals surface area (Å²) in [6, 6.07) is 6.06. The fourth-order valence-corrected chi connectivity index (χ4v) is 2.32. The second-order valence-electron chi connectivity index (χ2n) is 4.73. The van der Waals surface area contributed by atoms with Crippen molar-refractivity contribution in [2.45, 2.75) is 32.7 Å². The van der Waals surface area contributed by atoms with Gasteiger partial charge in [0.05, 0.1) is 5.41 Å². The fourth-order valence-electron chi connectivity index (χ4n) is 2.32. The van der Waals surface area contributed by atoms with Crippen LogP contribution in [0.4, 0.5) is 5.69 Å². The maximum absolute atomic E-state index is 12.2. The Balaban J connectivity index is 2.60. The first kappa shape index (κ1) is 11.1. The Kier molecular flexibility index (Phi) is 2.50. The van der Waals surface area contributed by atoms with Crippen LogP contribution in [0.15, 0.2) is 18.2 Å². The predicted octanol–water partition coefficient (Wildman–Crippen LogP) is 1.79. The maximum Gasteiger partial charge on any atom is 0.237 e. The van der Waals surface area contributed by atoms with Crippen molar-refractivity contribution in [2.75, 3.05) is 11.4 Å². The van der Waals surface area contributed by atoms with Gasteiger partial charge in [0.25, 0.3) is 0 Å². The summed E-state index contributed by atoms with van der Waals surface area (Å²) in [5.41, 5.74) is 8.43. The number of hydrogen-bond acceptors (Lipinski definition) is 2. The molecule has 0 aromatic heterocycles. The molecule has 3 heteroatoms. The van der Waals surface area contributed by atoms with Gasteiger partial charge in [-0.3, -0.25) is 4.79 Å². The van der Waals surface area contributed by atoms with Gasteiger partial charge in [0.1, 0.15) is 0 Å². The molecule has 0 fully saturated rings. The van der Waals surface area contributed by atoms with E-state index in [9.17, 15) is 4.79 Å². The Bertz CT molecular complexity index is 438. The molecule has 0 aliphatic carbocycles. The summed E-state index contributed by atoms with van der Waals surface area (Å²) >= 11 is 0. The van der Waals surface area contributed by atoms with Crippen LogP contribution in [0, 0.1) is 0 Å². The van der Waals surface area contributed by atoms with Gasteiger partial charge in [-0.15, -0.1) is 0 Å². The number of rotatable bonds is 2. The molecule has 0 unspecified atom stereocenters. The molecular formula is C13H18N2O. The van der Waals surface area contributed by atoms with Gasteiger partial charge in [-0.1, -0.05) is 12.1 Å². The van der Waals surface area contributed by atoms with Gasteiger partial charge in [0.2, 0.25) is 5.91 Å². The quantitative estimate of drug-likeness (QED) is 0.822. The fraction of sp³-hybridized carbons (Fsp3) is 0.462. The van der Waals surface area contributed by atoms with Crippen LogP contribution in [-0.4, -0.2) is 12.5 Å². The van der Waals surface area contributed by atoms with Crippen molar-refractivity contribution in [3.8, 4) is 0 Å². The summed E-state index contributed by atoms with van der Waals surface area (Å²) in [5.74, 6) is 0.180. The Morgan fingerprint density at radius 3 is 2.62 bits per heavy atom. The third-order valence-electron chi connectivity index (χ3n) is 3.36. The van der Waals surface area contributed by atoms with E-state index in [1.807, 2.05) is 37.8 Å². The first-order valence-electron chi connectivity index (χ1n) is 5.67. The van der Waals surface area contributed by atoms with E-state index in [1.165, 1.54) is 0 Å². The number of nitrogens with two attached hydrogens (primary N) is 1. The lowest BCUT2D eigenvalue weighted by Crippen LogP contribution is -2.35. The van der Waals surface area contributed by atoms with Crippen molar-refractivity contribution in [2.24, 2.45) is 5.73 Å². The lowest BCUT2D eigenvalue weighted by molar-refractivity contribution is -0.122. The van der Waals surface area contributed by atoms with Crippen molar-refractivity contribution in [1.82, 2.24) is 0 Å². The third kappa shape index (κ3) is 1.35. The van der Waals surface area contributed by atoms with Crippen LogP contribution >= 0.6 is 0 Å². The highest BCUT2D eigenvalue weighted by atomic mass is 16.2. The topological polar surface area (TPSA) is 46.3 Å². The summed E-state index contributed by atoms with van der Waals surface area (Å²) in [6.07, 6.45) is 0. The van der Waals surface area contributed by atoms with Crippen molar-refractivity contribution in [3.05, 3.63) is 29.3 Å². The average molecular weight is 218 g/mol. The van der Waals surface area contributed by atoms with Gasteiger partial charge in [-0.2, -0.15) is 0 Å². The number of carbonyl (C=O) groups is 1. The number of amides is 1. The number of nitrogens with zero attached hydrogens (tertiary/aromatic N) is 1. The highest BCUT2D eigenvalue weighted by Crippen LogP contribution is 2.41. The largest absolute Gasteiger partial charge is 0.326 e. The van der Waals surface area contributed by atoms with Crippen molar-refractivity contribution in [3.63, 3.8) is 0 Å². The number of fused-ring (bicyclic) bond motifs is 1. The SMILES string of the molecule is CCN1C(=O)C(C)(C)c2cc(CN)ccc21. The molecule has 1 amide bonds. The third-order valence-corrected chi connectivity index (χ3v) is 3.36. The van der Waals surface area contributed by atoms with Crippen molar-refractivity contribution in [1.29, 1.82) is 0 Å². The zero-order chi connectivity index (χ0) is 11.9. The van der Waals surface area contributed by atoms with Crippen LogP contribution in [0.5, 0.6) is 0 Å². The zero-order valence-corrected chi connectivity index (χ0v) is 10.1. The molecule has 86 valence electrons. The molecule has 2 rings (SSSR count). The number of anilines is 1. The minimum atomic E-state index is -0.420. The molecule has 0 spiro atoms. The molecule has 0 saturated heterocycles. The van der Waals surface area contributed by atoms with Crippen LogP contribution in [0.3, 0.4) is 0 Å². The van der Waals surface area contributed by atoms with E-state index in [4.69, 9.17) is 5.73 Å². The van der Waals surface area contributed by atoms with Crippen LogP contribution < -0.4 is 10.6 Å². The molecule has 0 radical (unpaired) electrons. The second-order valence-corrected chi connectivity index (χ2v) is 4.73. The summed E-state index contributed by atoms with van der Waals surface area (Å²) < 4.78 is 0. The summed E-state index contributed by atoms with van der Waals surface area (Å²) in [6.45, 7) is 7.19. The van der Waals surface area contributed by atoms with Crippen LogP contribution in [0.2, 0.25) is 0 Å². The van der Waals surface area contributed by atoms with Gasteiger partial charge < -0.3 is 10.6 Å². The van der Waals surface area contributed by atoms with E-state index >= 15 is 0 Å². The molecule has 0 bridgehead atoms. The zero-order valence-electron chi connectivity index (χ0n) is 10.1. The number of likely N-dealkylation sites (N-methyl/N-ethyl adjacent to an activating group) is 1. The molecule has 1 aliphatic rings. The van der Waals surface area contributed by atoms with E-state index in [1.54, 1.807) is 0 Å². The Labute approximate surface area is 96.2 Å². The normalized spacial score (nSPS) is 17.8. The van der Waals surface area contributed by atoms with Gasteiger partial charge in [-0.25, -0.2) is 0 Å². The molecule has 16 heavy (non-hydrogen) atoms. The Hall–Kier alpha value is -1.35. The number of hydrogen-bond donors (Lipinski definition) is 1. The van der Waals surface area contributed by atoms with E-state index in [0.29, 0.717) is 6.54 Å². The Morgan fingerprint density at radius 2 is 2.06 bits per heavy atom. The van der Waals surface area contributed by atoms with Crippen LogP contribution in [0.1, 0.15) is 31.9 Å². The maximum atomic E-state index is 12.2. The first-order valence-corrected chi connectivity index (χ1v) is 5.67. The number of carbonyl (C=O) groups excluding carboxylic acids is 1. The lowest BCUT2D eigenvalue weighted by atomic mass is 9.85. The van der Waals surface area contributed by atoms with Crippen molar-refractivity contribution >= 4 is 11.6 Å². The second kappa shape index (κ2) is 3.59. The molecule has 0 atom stereocenters.